The van der Waals surface area contributed by atoms with Crippen LogP contribution in [0.1, 0.15) is 12.8 Å². The van der Waals surface area contributed by atoms with Crippen LogP contribution in [0.5, 0.6) is 0 Å². The zero-order valence-corrected chi connectivity index (χ0v) is 6.17. The summed E-state index contributed by atoms with van der Waals surface area (Å²) in [5.41, 5.74) is 0. The van der Waals surface area contributed by atoms with Crippen LogP contribution in [0.25, 0.3) is 0 Å². The fourth-order valence-electron chi connectivity index (χ4n) is 0.835. The molecule has 0 atom stereocenters. The Hall–Kier alpha value is -0.760. The minimum Gasteiger partial charge on any atom is -0.472 e. The van der Waals surface area contributed by atoms with E-state index < -0.39 is 0 Å². The van der Waals surface area contributed by atoms with E-state index in [0.29, 0.717) is 6.79 Å². The molecule has 0 heterocycles. The molecule has 0 saturated carbocycles. The quantitative estimate of drug-likeness (QED) is 0.557. The fourth-order valence-corrected chi connectivity index (χ4v) is 0.835. The lowest BCUT2D eigenvalue weighted by atomic mass is 10.2. The summed E-state index contributed by atoms with van der Waals surface area (Å²) in [5, 5.41) is 0. The third kappa shape index (κ3) is 2.23. The first-order valence-electron chi connectivity index (χ1n) is 3.41. The van der Waals surface area contributed by atoms with Crippen LogP contribution < -0.4 is 0 Å². The van der Waals surface area contributed by atoms with E-state index >= 15 is 0 Å². The van der Waals surface area contributed by atoms with Crippen LogP contribution in [0.15, 0.2) is 24.0 Å². The number of methoxy groups -OCH3 is 1. The molecule has 0 aromatic carbocycles. The molecule has 10 heavy (non-hydrogen) atoms. The highest BCUT2D eigenvalue weighted by molar-refractivity contribution is 5.12. The fraction of sp³-hybridized carbons (Fsp3) is 0.500. The molecule has 1 rings (SSSR count). The minimum absolute atomic E-state index is 0.361. The molecule has 0 aliphatic heterocycles. The molecule has 0 saturated heterocycles. The van der Waals surface area contributed by atoms with Crippen molar-refractivity contribution in [1.82, 2.24) is 0 Å². The van der Waals surface area contributed by atoms with E-state index in [9.17, 15) is 0 Å². The van der Waals surface area contributed by atoms with Crippen molar-refractivity contribution in [2.75, 3.05) is 13.9 Å². The van der Waals surface area contributed by atoms with Gasteiger partial charge in [0, 0.05) is 13.5 Å². The third-order valence-electron chi connectivity index (χ3n) is 1.34. The maximum atomic E-state index is 5.22. The van der Waals surface area contributed by atoms with E-state index in [-0.39, 0.29) is 0 Å². The predicted molar refractivity (Wildman–Crippen MR) is 39.4 cm³/mol. The molecule has 2 heteroatoms. The van der Waals surface area contributed by atoms with Crippen LogP contribution in [0, 0.1) is 0 Å². The van der Waals surface area contributed by atoms with Crippen molar-refractivity contribution in [2.45, 2.75) is 12.8 Å². The molecule has 0 bridgehead atoms. The van der Waals surface area contributed by atoms with Gasteiger partial charge in [0.2, 0.25) is 0 Å². The Balaban J connectivity index is 2.25. The Bertz CT molecular complexity index is 147. The summed E-state index contributed by atoms with van der Waals surface area (Å²) < 4.78 is 9.98. The monoisotopic (exact) mass is 140 g/mol. The van der Waals surface area contributed by atoms with Gasteiger partial charge in [0.25, 0.3) is 0 Å². The summed E-state index contributed by atoms with van der Waals surface area (Å²) in [5.74, 6) is 1.02. The molecule has 0 N–H and O–H groups in total. The first kappa shape index (κ1) is 7.35. The van der Waals surface area contributed by atoms with Crippen molar-refractivity contribution >= 4 is 0 Å². The standard InChI is InChI=1S/C8H12O2/c1-9-7-10-8-5-3-2-4-6-8/h2-3,5H,4,6-7H2,1H3. The van der Waals surface area contributed by atoms with E-state index in [1.54, 1.807) is 7.11 Å². The number of rotatable bonds is 3. The lowest BCUT2D eigenvalue weighted by molar-refractivity contribution is 0.00238. The smallest absolute Gasteiger partial charge is 0.188 e. The van der Waals surface area contributed by atoms with Gasteiger partial charge >= 0.3 is 0 Å². The second-order valence-electron chi connectivity index (χ2n) is 2.15. The first-order valence-corrected chi connectivity index (χ1v) is 3.41. The molecule has 0 fully saturated rings. The normalized spacial score (nSPS) is 16.7. The van der Waals surface area contributed by atoms with Gasteiger partial charge in [0.15, 0.2) is 6.79 Å². The van der Waals surface area contributed by atoms with Crippen LogP contribution in [0.3, 0.4) is 0 Å². The maximum absolute atomic E-state index is 5.22. The molecule has 0 amide bonds. The summed E-state index contributed by atoms with van der Waals surface area (Å²) in [7, 11) is 1.62. The average Bonchev–Trinajstić information content (AvgIpc) is 2.03. The molecular weight excluding hydrogens is 128 g/mol. The van der Waals surface area contributed by atoms with E-state index in [1.807, 2.05) is 12.2 Å². The van der Waals surface area contributed by atoms with Crippen molar-refractivity contribution < 1.29 is 9.47 Å². The molecule has 1 aliphatic carbocycles. The van der Waals surface area contributed by atoms with Crippen LogP contribution in [0.2, 0.25) is 0 Å². The zero-order valence-electron chi connectivity index (χ0n) is 6.17. The number of allylic oxidation sites excluding steroid dienone is 4. The molecule has 56 valence electrons. The summed E-state index contributed by atoms with van der Waals surface area (Å²) in [6.45, 7) is 0.361. The van der Waals surface area contributed by atoms with Gasteiger partial charge < -0.3 is 9.47 Å². The van der Waals surface area contributed by atoms with Crippen LogP contribution in [0.4, 0.5) is 0 Å². The summed E-state index contributed by atoms with van der Waals surface area (Å²) in [4.78, 5) is 0. The van der Waals surface area contributed by atoms with Gasteiger partial charge in [-0.3, -0.25) is 0 Å². The SMILES string of the molecule is COCOC1=CC=CCC1. The Morgan fingerprint density at radius 3 is 3.10 bits per heavy atom. The lowest BCUT2D eigenvalue weighted by Gasteiger charge is -2.09. The van der Waals surface area contributed by atoms with Crippen molar-refractivity contribution in [3.8, 4) is 0 Å². The van der Waals surface area contributed by atoms with Crippen molar-refractivity contribution in [2.24, 2.45) is 0 Å². The van der Waals surface area contributed by atoms with Gasteiger partial charge in [-0.1, -0.05) is 12.2 Å². The molecule has 0 radical (unpaired) electrons. The van der Waals surface area contributed by atoms with E-state index in [0.717, 1.165) is 18.6 Å². The van der Waals surface area contributed by atoms with Crippen molar-refractivity contribution in [1.29, 1.82) is 0 Å². The Morgan fingerprint density at radius 2 is 2.50 bits per heavy atom. The van der Waals surface area contributed by atoms with Gasteiger partial charge in [0.1, 0.15) is 0 Å². The second-order valence-corrected chi connectivity index (χ2v) is 2.15. The molecule has 1 aliphatic rings. The number of hydrogen-bond acceptors (Lipinski definition) is 2. The summed E-state index contributed by atoms with van der Waals surface area (Å²) in [6.07, 6.45) is 8.19. The Kier molecular flexibility index (Phi) is 3.03. The van der Waals surface area contributed by atoms with Gasteiger partial charge in [-0.05, 0) is 12.5 Å². The Labute approximate surface area is 61.1 Å². The maximum Gasteiger partial charge on any atom is 0.188 e. The van der Waals surface area contributed by atoms with Gasteiger partial charge in [-0.15, -0.1) is 0 Å². The Morgan fingerprint density at radius 1 is 1.60 bits per heavy atom. The largest absolute Gasteiger partial charge is 0.472 e. The minimum atomic E-state index is 0.361. The van der Waals surface area contributed by atoms with Gasteiger partial charge in [-0.2, -0.15) is 0 Å². The topological polar surface area (TPSA) is 18.5 Å². The van der Waals surface area contributed by atoms with Gasteiger partial charge in [0.05, 0.1) is 5.76 Å². The lowest BCUT2D eigenvalue weighted by Crippen LogP contribution is -1.97. The molecule has 0 aromatic heterocycles. The van der Waals surface area contributed by atoms with Crippen molar-refractivity contribution in [3.05, 3.63) is 24.0 Å². The van der Waals surface area contributed by atoms with E-state index in [4.69, 9.17) is 9.47 Å². The second kappa shape index (κ2) is 4.12. The molecular formula is C8H12O2. The van der Waals surface area contributed by atoms with Crippen LogP contribution in [-0.4, -0.2) is 13.9 Å². The van der Waals surface area contributed by atoms with E-state index in [2.05, 4.69) is 6.08 Å². The first-order chi connectivity index (χ1) is 4.93. The molecule has 2 nitrogen and oxygen atoms in total. The number of ether oxygens (including phenoxy) is 2. The van der Waals surface area contributed by atoms with Crippen molar-refractivity contribution in [3.63, 3.8) is 0 Å². The highest BCUT2D eigenvalue weighted by Gasteiger charge is 1.98. The van der Waals surface area contributed by atoms with Crippen LogP contribution >= 0.6 is 0 Å². The molecule has 0 aromatic rings. The molecule has 0 spiro atoms. The highest BCUT2D eigenvalue weighted by atomic mass is 16.7. The zero-order chi connectivity index (χ0) is 7.23. The number of hydrogen-bond donors (Lipinski definition) is 0. The van der Waals surface area contributed by atoms with E-state index in [1.165, 1.54) is 0 Å². The predicted octanol–water partition coefficient (Wildman–Crippen LogP) is 1.84. The third-order valence-corrected chi connectivity index (χ3v) is 1.34. The summed E-state index contributed by atoms with van der Waals surface area (Å²) in [6, 6.07) is 0. The highest BCUT2D eigenvalue weighted by Crippen LogP contribution is 2.12. The van der Waals surface area contributed by atoms with Gasteiger partial charge in [-0.25, -0.2) is 0 Å². The van der Waals surface area contributed by atoms with Crippen LogP contribution in [-0.2, 0) is 9.47 Å². The summed E-state index contributed by atoms with van der Waals surface area (Å²) >= 11 is 0. The average molecular weight is 140 g/mol. The molecule has 0 unspecified atom stereocenters.